The lowest BCUT2D eigenvalue weighted by atomic mass is 10.1. The lowest BCUT2D eigenvalue weighted by Crippen LogP contribution is -2.04. The van der Waals surface area contributed by atoms with Gasteiger partial charge < -0.3 is 5.32 Å². The van der Waals surface area contributed by atoms with Crippen molar-refractivity contribution in [1.29, 1.82) is 0 Å². The highest BCUT2D eigenvalue weighted by Gasteiger charge is 2.14. The maximum atomic E-state index is 11.1. The molecule has 0 fully saturated rings. The summed E-state index contributed by atoms with van der Waals surface area (Å²) in [5, 5.41) is 14.3. The van der Waals surface area contributed by atoms with Gasteiger partial charge in [-0.15, -0.1) is 0 Å². The summed E-state index contributed by atoms with van der Waals surface area (Å²) < 4.78 is 1.67. The lowest BCUT2D eigenvalue weighted by molar-refractivity contribution is -0.385. The fraction of sp³-hybridized carbons (Fsp3) is 0.143. The van der Waals surface area contributed by atoms with E-state index in [9.17, 15) is 10.1 Å². The highest BCUT2D eigenvalue weighted by atomic mass is 79.9. The van der Waals surface area contributed by atoms with E-state index in [1.165, 1.54) is 6.07 Å². The average Bonchev–Trinajstić information content (AvgIpc) is 2.41. The van der Waals surface area contributed by atoms with Crippen LogP contribution in [0.4, 0.5) is 11.4 Å². The third-order valence-electron chi connectivity index (χ3n) is 2.91. The van der Waals surface area contributed by atoms with E-state index in [4.69, 9.17) is 0 Å². The molecule has 0 bridgehead atoms. The smallest absolute Gasteiger partial charge is 0.275 e. The first-order valence-corrected chi connectivity index (χ1v) is 7.49. The molecule has 0 radical (unpaired) electrons. The zero-order valence-electron chi connectivity index (χ0n) is 10.7. The van der Waals surface area contributed by atoms with Crippen molar-refractivity contribution < 1.29 is 4.92 Å². The summed E-state index contributed by atoms with van der Waals surface area (Å²) >= 11 is 6.76. The maximum absolute atomic E-state index is 11.1. The van der Waals surface area contributed by atoms with E-state index in [2.05, 4.69) is 37.2 Å². The Bertz CT molecular complexity index is 660. The highest BCUT2D eigenvalue weighted by molar-refractivity contribution is 9.11. The van der Waals surface area contributed by atoms with Gasteiger partial charge in [0.2, 0.25) is 0 Å². The number of nitro benzene ring substituents is 1. The number of halogens is 2. The molecule has 0 heterocycles. The molecule has 0 atom stereocenters. The van der Waals surface area contributed by atoms with Crippen molar-refractivity contribution in [1.82, 2.24) is 0 Å². The van der Waals surface area contributed by atoms with Gasteiger partial charge >= 0.3 is 0 Å². The first-order valence-electron chi connectivity index (χ1n) is 5.91. The molecule has 2 aromatic rings. The number of nitrogens with one attached hydrogen (secondary N) is 1. The van der Waals surface area contributed by atoms with E-state index in [0.29, 0.717) is 16.6 Å². The molecule has 104 valence electrons. The van der Waals surface area contributed by atoms with Crippen LogP contribution in [0.5, 0.6) is 0 Å². The predicted molar refractivity (Wildman–Crippen MR) is 87.0 cm³/mol. The van der Waals surface area contributed by atoms with Crippen LogP contribution in [0.2, 0.25) is 0 Å². The molecule has 0 spiro atoms. The minimum absolute atomic E-state index is 0.107. The SMILES string of the molecule is Cc1cccc(NCc2ccc(Br)cc2[N+](=O)[O-])c1Br. The van der Waals surface area contributed by atoms with E-state index in [0.717, 1.165) is 15.7 Å². The fourth-order valence-corrected chi connectivity index (χ4v) is 2.58. The molecule has 2 aromatic carbocycles. The van der Waals surface area contributed by atoms with Crippen LogP contribution >= 0.6 is 31.9 Å². The standard InChI is InChI=1S/C14H12Br2N2O2/c1-9-3-2-4-12(14(9)16)17-8-10-5-6-11(15)7-13(10)18(19)20/h2-7,17H,8H2,1H3. The summed E-state index contributed by atoms with van der Waals surface area (Å²) in [6.07, 6.45) is 0. The van der Waals surface area contributed by atoms with Crippen LogP contribution in [-0.2, 0) is 6.54 Å². The van der Waals surface area contributed by atoms with Gasteiger partial charge in [-0.25, -0.2) is 0 Å². The number of nitrogens with zero attached hydrogens (tertiary/aromatic N) is 1. The molecular formula is C14H12Br2N2O2. The molecule has 2 rings (SSSR count). The predicted octanol–water partition coefficient (Wildman–Crippen LogP) is 5.04. The lowest BCUT2D eigenvalue weighted by Gasteiger charge is -2.10. The first kappa shape index (κ1) is 15.0. The summed E-state index contributed by atoms with van der Waals surface area (Å²) in [4.78, 5) is 10.7. The molecule has 6 heteroatoms. The molecule has 0 aromatic heterocycles. The van der Waals surface area contributed by atoms with Crippen molar-refractivity contribution in [2.45, 2.75) is 13.5 Å². The van der Waals surface area contributed by atoms with E-state index < -0.39 is 0 Å². The van der Waals surface area contributed by atoms with Crippen molar-refractivity contribution in [2.75, 3.05) is 5.32 Å². The number of anilines is 1. The fourth-order valence-electron chi connectivity index (χ4n) is 1.83. The maximum Gasteiger partial charge on any atom is 0.275 e. The number of hydrogen-bond donors (Lipinski definition) is 1. The number of hydrogen-bond acceptors (Lipinski definition) is 3. The van der Waals surface area contributed by atoms with Gasteiger partial charge in [0.1, 0.15) is 0 Å². The summed E-state index contributed by atoms with van der Waals surface area (Å²) in [6, 6.07) is 10.9. The van der Waals surface area contributed by atoms with Crippen molar-refractivity contribution in [3.8, 4) is 0 Å². The Balaban J connectivity index is 2.23. The molecule has 0 aliphatic heterocycles. The van der Waals surface area contributed by atoms with Gasteiger partial charge in [-0.1, -0.05) is 28.1 Å². The molecule has 0 saturated heterocycles. The van der Waals surface area contributed by atoms with Gasteiger partial charge in [-0.05, 0) is 46.6 Å². The normalized spacial score (nSPS) is 10.3. The molecule has 0 unspecified atom stereocenters. The molecular weight excluding hydrogens is 388 g/mol. The largest absolute Gasteiger partial charge is 0.380 e. The highest BCUT2D eigenvalue weighted by Crippen LogP contribution is 2.28. The molecule has 1 N–H and O–H groups in total. The molecule has 0 aliphatic carbocycles. The minimum Gasteiger partial charge on any atom is -0.380 e. The minimum atomic E-state index is -0.368. The van der Waals surface area contributed by atoms with Crippen LogP contribution < -0.4 is 5.32 Å². The van der Waals surface area contributed by atoms with Crippen LogP contribution in [-0.4, -0.2) is 4.92 Å². The molecule has 20 heavy (non-hydrogen) atoms. The number of aryl methyl sites for hydroxylation is 1. The van der Waals surface area contributed by atoms with Gasteiger partial charge in [0.05, 0.1) is 4.92 Å². The second kappa shape index (κ2) is 6.37. The molecule has 4 nitrogen and oxygen atoms in total. The Hall–Kier alpha value is -1.40. The van der Waals surface area contributed by atoms with E-state index in [-0.39, 0.29) is 10.6 Å². The van der Waals surface area contributed by atoms with Crippen molar-refractivity contribution in [2.24, 2.45) is 0 Å². The number of benzene rings is 2. The van der Waals surface area contributed by atoms with Crippen LogP contribution in [0, 0.1) is 17.0 Å². The monoisotopic (exact) mass is 398 g/mol. The van der Waals surface area contributed by atoms with Gasteiger partial charge in [-0.2, -0.15) is 0 Å². The summed E-state index contributed by atoms with van der Waals surface area (Å²) in [6.45, 7) is 2.39. The molecule has 0 amide bonds. The third-order valence-corrected chi connectivity index (χ3v) is 4.45. The summed E-state index contributed by atoms with van der Waals surface area (Å²) in [7, 11) is 0. The van der Waals surface area contributed by atoms with Crippen molar-refractivity contribution in [3.63, 3.8) is 0 Å². The van der Waals surface area contributed by atoms with Crippen molar-refractivity contribution in [3.05, 3.63) is 66.6 Å². The van der Waals surface area contributed by atoms with Gasteiger partial charge in [0.15, 0.2) is 0 Å². The first-order chi connectivity index (χ1) is 9.49. The Morgan fingerprint density at radius 1 is 1.25 bits per heavy atom. The number of rotatable bonds is 4. The molecule has 0 saturated carbocycles. The third kappa shape index (κ3) is 3.37. The van der Waals surface area contributed by atoms with Crippen LogP contribution in [0.3, 0.4) is 0 Å². The zero-order chi connectivity index (χ0) is 14.7. The Morgan fingerprint density at radius 2 is 2.00 bits per heavy atom. The Labute approximate surface area is 133 Å². The topological polar surface area (TPSA) is 55.2 Å². The van der Waals surface area contributed by atoms with Gasteiger partial charge in [-0.3, -0.25) is 10.1 Å². The molecule has 0 aliphatic rings. The Morgan fingerprint density at radius 3 is 2.70 bits per heavy atom. The second-order valence-corrected chi connectivity index (χ2v) is 6.03. The second-order valence-electron chi connectivity index (χ2n) is 4.32. The van der Waals surface area contributed by atoms with E-state index >= 15 is 0 Å². The summed E-state index contributed by atoms with van der Waals surface area (Å²) in [5.74, 6) is 0. The van der Waals surface area contributed by atoms with E-state index in [1.54, 1.807) is 12.1 Å². The Kier molecular flexibility index (Phi) is 4.77. The van der Waals surface area contributed by atoms with Crippen LogP contribution in [0.1, 0.15) is 11.1 Å². The average molecular weight is 400 g/mol. The van der Waals surface area contributed by atoms with Gasteiger partial charge in [0, 0.05) is 32.8 Å². The van der Waals surface area contributed by atoms with Crippen LogP contribution in [0.15, 0.2) is 45.3 Å². The van der Waals surface area contributed by atoms with Crippen LogP contribution in [0.25, 0.3) is 0 Å². The van der Waals surface area contributed by atoms with E-state index in [1.807, 2.05) is 25.1 Å². The summed E-state index contributed by atoms with van der Waals surface area (Å²) in [5.41, 5.74) is 2.78. The van der Waals surface area contributed by atoms with Gasteiger partial charge in [0.25, 0.3) is 5.69 Å². The quantitative estimate of drug-likeness (QED) is 0.578. The zero-order valence-corrected chi connectivity index (χ0v) is 13.9. The number of nitro groups is 1. The van der Waals surface area contributed by atoms with Crippen molar-refractivity contribution >= 4 is 43.2 Å².